The van der Waals surface area contributed by atoms with E-state index in [0.29, 0.717) is 5.56 Å². The molecular weight excluding hydrogens is 375 g/mol. The van der Waals surface area contributed by atoms with Gasteiger partial charge in [0.15, 0.2) is 0 Å². The maximum absolute atomic E-state index is 8.98. The van der Waals surface area contributed by atoms with E-state index in [-0.39, 0.29) is 21.0 Å². The largest absolute Gasteiger partial charge is 0.337 e. The van der Waals surface area contributed by atoms with Gasteiger partial charge in [-0.1, -0.05) is 12.1 Å². The number of benzene rings is 1. The van der Waals surface area contributed by atoms with Crippen molar-refractivity contribution in [3.8, 4) is 17.3 Å². The molecule has 0 saturated carbocycles. The van der Waals surface area contributed by atoms with Crippen molar-refractivity contribution in [1.29, 1.82) is 5.26 Å². The Hall–Kier alpha value is -2.07. The van der Waals surface area contributed by atoms with Crippen LogP contribution in [0.4, 0.5) is 0 Å². The average molecular weight is 388 g/mol. The molecule has 2 aromatic rings. The van der Waals surface area contributed by atoms with Gasteiger partial charge in [-0.2, -0.15) is 5.26 Å². The minimum absolute atomic E-state index is 0.0997. The van der Waals surface area contributed by atoms with E-state index in [4.69, 9.17) is 5.26 Å². The third kappa shape index (κ3) is 3.34. The summed E-state index contributed by atoms with van der Waals surface area (Å²) in [7, 11) is 0. The molecule has 0 spiro atoms. The van der Waals surface area contributed by atoms with E-state index < -0.39 is 0 Å². The van der Waals surface area contributed by atoms with Crippen LogP contribution in [0, 0.1) is 11.3 Å². The lowest BCUT2D eigenvalue weighted by Gasteiger charge is -2.04. The van der Waals surface area contributed by atoms with Gasteiger partial charge < -0.3 is 3.53 Å². The molecule has 5 heteroatoms. The van der Waals surface area contributed by atoms with Crippen molar-refractivity contribution in [3.05, 3.63) is 59.7 Å². The van der Waals surface area contributed by atoms with E-state index in [1.165, 1.54) is 9.21 Å². The molecule has 1 aliphatic heterocycles. The lowest BCUT2D eigenvalue weighted by atomic mass is 10.1. The Morgan fingerprint density at radius 1 is 1.33 bits per heavy atom. The molecule has 0 bridgehead atoms. The van der Waals surface area contributed by atoms with Crippen LogP contribution in [0.1, 0.15) is 18.2 Å². The fourth-order valence-corrected chi connectivity index (χ4v) is 4.19. The first-order chi connectivity index (χ1) is 10.2. The van der Waals surface area contributed by atoms with Gasteiger partial charge in [-0.3, -0.25) is 4.98 Å². The zero-order valence-electron chi connectivity index (χ0n) is 11.5. The van der Waals surface area contributed by atoms with Crippen LogP contribution in [0.2, 0.25) is 0 Å². The molecule has 0 unspecified atom stereocenters. The lowest BCUT2D eigenvalue weighted by Crippen LogP contribution is -2.00. The summed E-state index contributed by atoms with van der Waals surface area (Å²) in [6.45, 7) is 2.09. The molecule has 0 amide bonds. The maximum atomic E-state index is 8.98. The second-order valence-electron chi connectivity index (χ2n) is 4.73. The van der Waals surface area contributed by atoms with Crippen LogP contribution in [0.25, 0.3) is 11.3 Å². The summed E-state index contributed by atoms with van der Waals surface area (Å²) < 4.78 is 4.82. The topological polar surface area (TPSA) is 61.6 Å². The van der Waals surface area contributed by atoms with E-state index in [1.54, 1.807) is 12.3 Å². The van der Waals surface area contributed by atoms with Crippen LogP contribution < -0.4 is 3.53 Å². The van der Waals surface area contributed by atoms with Crippen LogP contribution in [-0.4, -0.2) is 13.5 Å². The van der Waals surface area contributed by atoms with Crippen molar-refractivity contribution in [3.63, 3.8) is 0 Å². The van der Waals surface area contributed by atoms with Crippen LogP contribution in [0.5, 0.6) is 0 Å². The first-order valence-corrected chi connectivity index (χ1v) is 8.66. The number of halogens is 1. The molecule has 21 heavy (non-hydrogen) atoms. The molecule has 2 heterocycles. The average Bonchev–Trinajstić information content (AvgIpc) is 2.93. The van der Waals surface area contributed by atoms with Gasteiger partial charge in [0.2, 0.25) is 0 Å². The van der Waals surface area contributed by atoms with Crippen molar-refractivity contribution in [2.75, 3.05) is 0 Å². The van der Waals surface area contributed by atoms with E-state index >= 15 is 0 Å². The first kappa shape index (κ1) is 13.9. The fraction of sp³-hybridized carbons (Fsp3) is 0.125. The van der Waals surface area contributed by atoms with Crippen LogP contribution in [-0.2, 0) is 6.42 Å². The highest BCUT2D eigenvalue weighted by molar-refractivity contribution is 14.2. The highest BCUT2D eigenvalue weighted by Crippen LogP contribution is 2.19. The molecule has 0 atom stereocenters. The first-order valence-electron chi connectivity index (χ1n) is 6.50. The Kier molecular flexibility index (Phi) is 4.06. The van der Waals surface area contributed by atoms with Gasteiger partial charge in [0.1, 0.15) is 0 Å². The number of hydrogen-bond donors (Lipinski definition) is 1. The van der Waals surface area contributed by atoms with Crippen molar-refractivity contribution in [2.24, 2.45) is 0 Å². The summed E-state index contributed by atoms with van der Waals surface area (Å²) >= 11 is -0.0997. The summed E-state index contributed by atoms with van der Waals surface area (Å²) in [5.41, 5.74) is 4.59. The molecule has 104 valence electrons. The molecule has 1 aromatic carbocycles. The fourth-order valence-electron chi connectivity index (χ4n) is 2.06. The van der Waals surface area contributed by atoms with Crippen molar-refractivity contribution < 1.29 is 0 Å². The maximum Gasteiger partial charge on any atom is 0.0991 e. The standard InChI is InChI=1S/C16H13IN4/c1-11-5-14(17-21-11)7-15-9-19-10-16(20-15)13-4-2-3-12(6-13)8-18/h2-6,9-10,21H,7H2,1H3. The molecule has 3 rings (SSSR count). The van der Waals surface area contributed by atoms with Gasteiger partial charge in [0.05, 0.1) is 29.2 Å². The normalized spacial score (nSPS) is 13.5. The summed E-state index contributed by atoms with van der Waals surface area (Å²) in [6, 6.07) is 9.61. The predicted octanol–water partition coefficient (Wildman–Crippen LogP) is 3.12. The molecule has 0 fully saturated rings. The zero-order valence-corrected chi connectivity index (χ0v) is 13.6. The molecule has 1 aliphatic rings. The predicted molar refractivity (Wildman–Crippen MR) is 91.8 cm³/mol. The van der Waals surface area contributed by atoms with Gasteiger partial charge in [-0.15, -0.1) is 0 Å². The Labute approximate surface area is 133 Å². The number of aromatic nitrogens is 2. The number of rotatable bonds is 3. The Morgan fingerprint density at radius 2 is 2.24 bits per heavy atom. The highest BCUT2D eigenvalue weighted by Gasteiger charge is 2.08. The van der Waals surface area contributed by atoms with Crippen molar-refractivity contribution >= 4 is 24.5 Å². The molecule has 4 nitrogen and oxygen atoms in total. The smallest absolute Gasteiger partial charge is 0.0991 e. The third-order valence-electron chi connectivity index (χ3n) is 3.01. The summed E-state index contributed by atoms with van der Waals surface area (Å²) in [5.74, 6) is 0. The van der Waals surface area contributed by atoms with Crippen molar-refractivity contribution in [2.45, 2.75) is 13.3 Å². The summed E-state index contributed by atoms with van der Waals surface area (Å²) in [5, 5.41) is 8.98. The van der Waals surface area contributed by atoms with E-state index in [0.717, 1.165) is 23.4 Å². The van der Waals surface area contributed by atoms with E-state index in [2.05, 4.69) is 32.6 Å². The molecule has 0 aliphatic carbocycles. The molecule has 1 N–H and O–H groups in total. The summed E-state index contributed by atoms with van der Waals surface area (Å²) in [4.78, 5) is 8.96. The van der Waals surface area contributed by atoms with E-state index in [9.17, 15) is 0 Å². The molecule has 0 radical (unpaired) electrons. The summed E-state index contributed by atoms with van der Waals surface area (Å²) in [6.07, 6.45) is 6.61. The minimum atomic E-state index is -0.0997. The Morgan fingerprint density at radius 3 is 3.00 bits per heavy atom. The number of nitriles is 1. The van der Waals surface area contributed by atoms with Gasteiger partial charge >= 0.3 is 0 Å². The third-order valence-corrected chi connectivity index (χ3v) is 5.52. The Bertz CT molecular complexity index is 787. The Balaban J connectivity index is 1.88. The minimum Gasteiger partial charge on any atom is -0.337 e. The van der Waals surface area contributed by atoms with Gasteiger partial charge in [-0.05, 0) is 25.1 Å². The number of nitrogens with one attached hydrogen (secondary N) is 1. The second kappa shape index (κ2) is 6.14. The quantitative estimate of drug-likeness (QED) is 0.649. The molecule has 1 aromatic heterocycles. The van der Waals surface area contributed by atoms with Crippen LogP contribution in [0.15, 0.2) is 48.4 Å². The molecule has 0 saturated heterocycles. The van der Waals surface area contributed by atoms with Crippen LogP contribution in [0.3, 0.4) is 0 Å². The monoisotopic (exact) mass is 388 g/mol. The van der Waals surface area contributed by atoms with E-state index in [1.807, 2.05) is 24.4 Å². The van der Waals surface area contributed by atoms with Gasteiger partial charge in [0, 0.05) is 48.4 Å². The zero-order chi connectivity index (χ0) is 14.7. The van der Waals surface area contributed by atoms with Crippen molar-refractivity contribution in [1.82, 2.24) is 13.5 Å². The lowest BCUT2D eigenvalue weighted by molar-refractivity contribution is 1.09. The SMILES string of the molecule is CC1=CC(Cc2cncc(-c3cccc(C#N)c3)n2)=IN1. The number of allylic oxidation sites excluding steroid dienone is 2. The highest BCUT2D eigenvalue weighted by atomic mass is 127. The van der Waals surface area contributed by atoms with Crippen LogP contribution >= 0.6 is 21.0 Å². The molecular formula is C16H13IN4. The number of nitrogens with zero attached hydrogens (tertiary/aromatic N) is 3. The van der Waals surface area contributed by atoms with Gasteiger partial charge in [0.25, 0.3) is 0 Å². The second-order valence-corrected chi connectivity index (χ2v) is 7.19. The number of hydrogen-bond acceptors (Lipinski definition) is 4. The van der Waals surface area contributed by atoms with Gasteiger partial charge in [-0.25, -0.2) is 4.98 Å².